The van der Waals surface area contributed by atoms with Crippen LogP contribution in [-0.2, 0) is 0 Å². The van der Waals surface area contributed by atoms with Gasteiger partial charge in [0.05, 0.1) is 0 Å². The summed E-state index contributed by atoms with van der Waals surface area (Å²) in [6.07, 6.45) is 2.42. The molecule has 0 aliphatic carbocycles. The number of nitrogens with zero attached hydrogens (tertiary/aromatic N) is 1. The van der Waals surface area contributed by atoms with Crippen molar-refractivity contribution in [2.75, 3.05) is 0 Å². The molecule has 0 saturated heterocycles. The van der Waals surface area contributed by atoms with E-state index in [1.54, 1.807) is 6.20 Å². The van der Waals surface area contributed by atoms with E-state index in [2.05, 4.69) is 4.98 Å². The van der Waals surface area contributed by atoms with Gasteiger partial charge >= 0.3 is 1.43 Å². The van der Waals surface area contributed by atoms with Crippen molar-refractivity contribution >= 4 is 17.1 Å². The van der Waals surface area contributed by atoms with Crippen LogP contribution in [0.1, 0.15) is 11.9 Å². The molecule has 0 atom stereocenters. The van der Waals surface area contributed by atoms with Gasteiger partial charge in [-0.3, -0.25) is 9.78 Å². The molecule has 0 amide bonds. The highest BCUT2D eigenvalue weighted by atomic mass is 16.1. The van der Waals surface area contributed by atoms with E-state index in [1.165, 1.54) is 0 Å². The second kappa shape index (κ2) is 2.74. The van der Waals surface area contributed by atoms with E-state index in [0.29, 0.717) is 5.69 Å². The number of fused-ring (bicyclic) bond motifs is 1. The third-order valence-electron chi connectivity index (χ3n) is 1.82. The Morgan fingerprint density at radius 2 is 2.08 bits per heavy atom. The number of carbonyl (C=O) groups is 1. The number of hydrogen-bond acceptors (Lipinski definition) is 2. The number of pyridine rings is 1. The highest BCUT2D eigenvalue weighted by Crippen LogP contribution is 2.14. The Morgan fingerprint density at radius 3 is 2.92 bits per heavy atom. The first-order valence-electron chi connectivity index (χ1n) is 3.71. The fraction of sp³-hybridized carbons (Fsp3) is 0. The van der Waals surface area contributed by atoms with Gasteiger partial charge in [0.15, 0.2) is 6.29 Å². The van der Waals surface area contributed by atoms with E-state index in [-0.39, 0.29) is 1.43 Å². The van der Waals surface area contributed by atoms with Crippen LogP contribution >= 0.6 is 0 Å². The van der Waals surface area contributed by atoms with Gasteiger partial charge in [-0.15, -0.1) is 0 Å². The second-order valence-electron chi connectivity index (χ2n) is 2.54. The van der Waals surface area contributed by atoms with Gasteiger partial charge in [-0.2, -0.15) is 0 Å². The zero-order valence-electron chi connectivity index (χ0n) is 7.40. The minimum atomic E-state index is 0. The van der Waals surface area contributed by atoms with Crippen LogP contribution in [0, 0.1) is 0 Å². The van der Waals surface area contributed by atoms with Crippen LogP contribution in [0.4, 0.5) is 0 Å². The molecule has 0 saturated carbocycles. The average molecular weight is 158 g/mol. The molecule has 2 nitrogen and oxygen atoms in total. The molecule has 0 aliphatic heterocycles. The molecule has 0 bridgehead atoms. The lowest BCUT2D eigenvalue weighted by molar-refractivity contribution is 0.112. The van der Waals surface area contributed by atoms with Crippen LogP contribution in [0.3, 0.4) is 0 Å². The predicted molar refractivity (Wildman–Crippen MR) is 48.2 cm³/mol. The molecule has 0 spiro atoms. The average Bonchev–Trinajstić information content (AvgIpc) is 2.17. The lowest BCUT2D eigenvalue weighted by Crippen LogP contribution is -1.86. The molecule has 58 valence electrons. The molecule has 0 radical (unpaired) electrons. The van der Waals surface area contributed by atoms with Gasteiger partial charge in [0.1, 0.15) is 5.69 Å². The number of aromatic nitrogens is 1. The molecule has 2 aromatic rings. The van der Waals surface area contributed by atoms with Gasteiger partial charge in [0.25, 0.3) is 0 Å². The van der Waals surface area contributed by atoms with Gasteiger partial charge in [-0.05, 0) is 11.5 Å². The van der Waals surface area contributed by atoms with Crippen molar-refractivity contribution in [2.24, 2.45) is 0 Å². The summed E-state index contributed by atoms with van der Waals surface area (Å²) in [5, 5.41) is 1.96. The fourth-order valence-corrected chi connectivity index (χ4v) is 1.24. The summed E-state index contributed by atoms with van der Waals surface area (Å²) in [5.41, 5.74) is 0.508. The molecule has 2 rings (SSSR count). The first-order valence-corrected chi connectivity index (χ1v) is 3.71. The van der Waals surface area contributed by atoms with Crippen LogP contribution in [0.2, 0.25) is 0 Å². The summed E-state index contributed by atoms with van der Waals surface area (Å²) >= 11 is 0. The maximum absolute atomic E-state index is 10.6. The summed E-state index contributed by atoms with van der Waals surface area (Å²) in [7, 11) is 0. The van der Waals surface area contributed by atoms with Gasteiger partial charge in [0.2, 0.25) is 0 Å². The van der Waals surface area contributed by atoms with Crippen molar-refractivity contribution in [3.8, 4) is 0 Å². The number of benzene rings is 1. The van der Waals surface area contributed by atoms with Crippen LogP contribution in [0.15, 0.2) is 36.5 Å². The Labute approximate surface area is 71.3 Å². The van der Waals surface area contributed by atoms with E-state index in [0.717, 1.165) is 17.1 Å². The van der Waals surface area contributed by atoms with Crippen molar-refractivity contribution in [2.45, 2.75) is 0 Å². The van der Waals surface area contributed by atoms with Crippen LogP contribution in [0.25, 0.3) is 10.8 Å². The summed E-state index contributed by atoms with van der Waals surface area (Å²) in [4.78, 5) is 14.5. The SMILES string of the molecule is O=Cc1nccc2ccccc12.[H+]. The monoisotopic (exact) mass is 158 g/mol. The standard InChI is InChI=1S/C10H7NO/c12-7-10-9-4-2-1-3-8(9)5-6-11-10/h1-7H/p+1. The van der Waals surface area contributed by atoms with E-state index in [9.17, 15) is 4.79 Å². The summed E-state index contributed by atoms with van der Waals surface area (Å²) in [6.45, 7) is 0. The summed E-state index contributed by atoms with van der Waals surface area (Å²) in [6, 6.07) is 9.59. The highest BCUT2D eigenvalue weighted by molar-refractivity contribution is 5.95. The molecule has 0 aliphatic rings. The Hall–Kier alpha value is -1.70. The maximum Gasteiger partial charge on any atom is 1.00 e. The third kappa shape index (κ3) is 0.975. The van der Waals surface area contributed by atoms with E-state index < -0.39 is 0 Å². The maximum atomic E-state index is 10.6. The number of aldehydes is 1. The first-order chi connectivity index (χ1) is 5.92. The van der Waals surface area contributed by atoms with Gasteiger partial charge in [-0.25, -0.2) is 0 Å². The molecule has 0 fully saturated rings. The Balaban J connectivity index is 0.000000845. The molecule has 0 unspecified atom stereocenters. The van der Waals surface area contributed by atoms with Crippen LogP contribution in [0.5, 0.6) is 0 Å². The van der Waals surface area contributed by atoms with Gasteiger partial charge in [-0.1, -0.05) is 24.3 Å². The second-order valence-corrected chi connectivity index (χ2v) is 2.54. The number of carbonyl (C=O) groups excluding carboxylic acids is 1. The number of hydrogen-bond donors (Lipinski definition) is 0. The number of rotatable bonds is 1. The molecule has 0 N–H and O–H groups in total. The zero-order valence-corrected chi connectivity index (χ0v) is 6.40. The molecule has 2 heteroatoms. The quantitative estimate of drug-likeness (QED) is 0.595. The van der Waals surface area contributed by atoms with Crippen molar-refractivity contribution in [1.82, 2.24) is 4.98 Å². The van der Waals surface area contributed by atoms with Crippen LogP contribution in [-0.4, -0.2) is 11.3 Å². The zero-order chi connectivity index (χ0) is 8.39. The molecule has 1 aromatic heterocycles. The highest BCUT2D eigenvalue weighted by Gasteiger charge is 1.97. The first kappa shape index (κ1) is 6.98. The minimum Gasteiger partial charge on any atom is -0.296 e. The predicted octanol–water partition coefficient (Wildman–Crippen LogP) is 2.16. The van der Waals surface area contributed by atoms with E-state index in [1.807, 2.05) is 30.3 Å². The lowest BCUT2D eigenvalue weighted by Gasteiger charge is -1.97. The van der Waals surface area contributed by atoms with Crippen LogP contribution < -0.4 is 0 Å². The van der Waals surface area contributed by atoms with Crippen molar-refractivity contribution in [3.05, 3.63) is 42.2 Å². The molecule has 1 heterocycles. The minimum absolute atomic E-state index is 0. The lowest BCUT2D eigenvalue weighted by atomic mass is 10.1. The van der Waals surface area contributed by atoms with E-state index >= 15 is 0 Å². The van der Waals surface area contributed by atoms with Crippen molar-refractivity contribution in [3.63, 3.8) is 0 Å². The Morgan fingerprint density at radius 1 is 1.25 bits per heavy atom. The molecule has 1 aromatic carbocycles. The molecule has 12 heavy (non-hydrogen) atoms. The normalized spacial score (nSPS) is 10.0. The Bertz CT molecular complexity index is 423. The fourth-order valence-electron chi connectivity index (χ4n) is 1.24. The smallest absolute Gasteiger partial charge is 0.296 e. The van der Waals surface area contributed by atoms with Gasteiger partial charge in [0, 0.05) is 11.6 Å². The van der Waals surface area contributed by atoms with Crippen molar-refractivity contribution < 1.29 is 6.22 Å². The van der Waals surface area contributed by atoms with E-state index in [4.69, 9.17) is 0 Å². The summed E-state index contributed by atoms with van der Waals surface area (Å²) < 4.78 is 0. The molecular weight excluding hydrogens is 150 g/mol. The van der Waals surface area contributed by atoms with Crippen molar-refractivity contribution in [1.29, 1.82) is 0 Å². The molecular formula is C10H8NO+. The summed E-state index contributed by atoms with van der Waals surface area (Å²) in [5.74, 6) is 0. The van der Waals surface area contributed by atoms with Gasteiger partial charge < -0.3 is 0 Å². The third-order valence-corrected chi connectivity index (χ3v) is 1.82. The largest absolute Gasteiger partial charge is 1.00 e. The Kier molecular flexibility index (Phi) is 1.59. The topological polar surface area (TPSA) is 30.0 Å².